The van der Waals surface area contributed by atoms with E-state index in [-0.39, 0.29) is 22.8 Å². The molecule has 13 N–H and O–H groups in total. The van der Waals surface area contributed by atoms with Gasteiger partial charge in [-0.2, -0.15) is 60.7 Å². The van der Waals surface area contributed by atoms with Gasteiger partial charge in [-0.3, -0.25) is 47.3 Å². The van der Waals surface area contributed by atoms with Crippen molar-refractivity contribution in [2.24, 2.45) is 40.9 Å². The number of aromatic amines is 1. The summed E-state index contributed by atoms with van der Waals surface area (Å²) in [5.41, 5.74) is -1.96. The molecular formula is C44H33ClN12O28S7. The number of carboxylic acid groups (broad SMARTS) is 1. The first-order chi connectivity index (χ1) is 42.5. The molecule has 48 heteroatoms. The van der Waals surface area contributed by atoms with Crippen LogP contribution in [-0.4, -0.2) is 126 Å². The van der Waals surface area contributed by atoms with Gasteiger partial charge in [-0.15, -0.1) is 35.0 Å². The van der Waals surface area contributed by atoms with Crippen molar-refractivity contribution in [3.63, 3.8) is 0 Å². The lowest BCUT2D eigenvalue weighted by Gasteiger charge is -2.15. The molecule has 0 radical (unpaired) electrons. The third-order valence-electron chi connectivity index (χ3n) is 11.8. The highest BCUT2D eigenvalue weighted by Gasteiger charge is 2.31. The number of nitrogen functional groups attached to an aromatic ring is 1. The van der Waals surface area contributed by atoms with E-state index in [1.807, 2.05) is 0 Å². The molecule has 0 bridgehead atoms. The average molecular weight is 1440 g/mol. The summed E-state index contributed by atoms with van der Waals surface area (Å²) in [5.74, 6) is -3.80. The molecule has 1 aromatic heterocycles. The number of benzene rings is 7. The van der Waals surface area contributed by atoms with Crippen molar-refractivity contribution in [3.05, 3.63) is 122 Å². The van der Waals surface area contributed by atoms with Gasteiger partial charge in [0.15, 0.2) is 22.9 Å². The summed E-state index contributed by atoms with van der Waals surface area (Å²) < 4.78 is 208. The van der Waals surface area contributed by atoms with Crippen molar-refractivity contribution in [1.82, 2.24) is 9.78 Å². The molecule has 7 aromatic carbocycles. The molecule has 0 amide bonds. The predicted molar refractivity (Wildman–Crippen MR) is 311 cm³/mol. The van der Waals surface area contributed by atoms with Crippen LogP contribution in [0.1, 0.15) is 16.1 Å². The molecule has 0 saturated heterocycles. The number of azo groups is 4. The largest absolute Gasteiger partial charge is 0.505 e. The molecule has 8 rings (SSSR count). The molecule has 0 aliphatic rings. The van der Waals surface area contributed by atoms with E-state index in [9.17, 15) is 108 Å². The molecule has 0 unspecified atom stereocenters. The topological polar surface area (TPSA) is 649 Å². The van der Waals surface area contributed by atoms with E-state index >= 15 is 0 Å². The number of phenolic OH excluding ortho intramolecular Hbond substituents is 2. The molecule has 92 heavy (non-hydrogen) atoms. The number of carbonyl (C=O) groups is 1. The van der Waals surface area contributed by atoms with E-state index in [0.29, 0.717) is 28.4 Å². The summed E-state index contributed by atoms with van der Waals surface area (Å²) in [6.45, 7) is 1.50. The SMILES string of the molecule is CN=Nc1c(S(=O)(=O)O)cc2c(S(=O)(=O)O)c(N=Nc3cc(S(=O)(=O)O)c4cc(SOOO)c(N=Nc5ccc([N+](=O)[O-])cc5S(=O)(=O)O)c(O)c4c3N)ccc2c1O.Cc1cc(Cl)c(N=Nc2c(C(=O)O)[nH]n(-c3ccc(S(=O)(=O)O)cc3)c2=O)c(S(=O)(=O)O)c1. The van der Waals surface area contributed by atoms with E-state index < -0.39 is 201 Å². The molecule has 0 saturated carbocycles. The minimum absolute atomic E-state index is 0.0108. The number of aryl methyl sites for hydroxylation is 1. The standard InChI is InChI=1S/C27H20N8O19S5.C17H13ClN4O9S2/c1-29-33-24-20(58(47,48)49)8-12-11(25(24)36)3-5-15(27(12)59(50,51)52)31-32-16-9-18(56(41,42)43)13-7-17(55-54-53-40)23(26(37)21(13)22(16)28)34-30-14-4-2-10(35(38)39)6-19(14)57(44,45)46;1-8-6-11(18)13(12(7-8)33(29,30)31)19-20-14-15(17(24)25)21-22(16(14)23)9-2-4-10(5-3-9)32(26,27)28/h2-9,36-37,40H,28H2,1H3,(H,41,42,43)(H,44,45,46)(H,47,48,49)(H,50,51,52);2-7,21H,1H3,(H,24,25)(H,26,27,28)(H,29,30,31). The summed E-state index contributed by atoms with van der Waals surface area (Å²) >= 11 is 6.01. The molecule has 0 fully saturated rings. The van der Waals surface area contributed by atoms with Gasteiger partial charge in [0.1, 0.15) is 58.6 Å². The number of aromatic hydroxyl groups is 2. The molecule has 40 nitrogen and oxygen atoms in total. The van der Waals surface area contributed by atoms with Crippen molar-refractivity contribution >= 4 is 163 Å². The number of non-ortho nitro benzene ring substituents is 1. The lowest BCUT2D eigenvalue weighted by Crippen LogP contribution is -2.14. The number of nitro benzene ring substituents is 1. The zero-order chi connectivity index (χ0) is 68.7. The number of nitro groups is 1. The smallest absolute Gasteiger partial charge is 0.356 e. The Balaban J connectivity index is 0.000000307. The zero-order valence-corrected chi connectivity index (χ0v) is 51.2. The van der Waals surface area contributed by atoms with Crippen LogP contribution in [0, 0.1) is 17.0 Å². The van der Waals surface area contributed by atoms with Gasteiger partial charge in [-0.1, -0.05) is 16.6 Å². The molecule has 0 atom stereocenters. The summed E-state index contributed by atoms with van der Waals surface area (Å²) in [5, 5.41) is 83.1. The first-order valence-electron chi connectivity index (χ1n) is 23.3. The summed E-state index contributed by atoms with van der Waals surface area (Å²) in [4.78, 5) is 28.2. The van der Waals surface area contributed by atoms with E-state index in [1.165, 1.54) is 13.0 Å². The van der Waals surface area contributed by atoms with Crippen LogP contribution in [-0.2, 0) is 70.1 Å². The number of nitrogens with zero attached hydrogens (tertiary/aromatic N) is 10. The van der Waals surface area contributed by atoms with Crippen molar-refractivity contribution < 1.29 is 117 Å². The molecule has 486 valence electrons. The van der Waals surface area contributed by atoms with E-state index in [2.05, 4.69) is 55.4 Å². The number of aromatic nitrogens is 2. The number of aromatic carboxylic acids is 1. The van der Waals surface area contributed by atoms with Crippen LogP contribution < -0.4 is 11.3 Å². The Labute approximate surface area is 521 Å². The second-order valence-corrected chi connectivity index (χ2v) is 27.1. The van der Waals surface area contributed by atoms with Gasteiger partial charge in [0.2, 0.25) is 0 Å². The summed E-state index contributed by atoms with van der Waals surface area (Å²) in [7, 11) is -29.5. The maximum absolute atomic E-state index is 12.8. The maximum atomic E-state index is 12.8. The predicted octanol–water partition coefficient (Wildman–Crippen LogP) is 8.59. The zero-order valence-electron chi connectivity index (χ0n) is 44.7. The number of hydrogen-bond donors (Lipinski definition) is 12. The van der Waals surface area contributed by atoms with Crippen LogP contribution in [0.15, 0.2) is 165 Å². The van der Waals surface area contributed by atoms with Crippen LogP contribution in [0.2, 0.25) is 5.02 Å². The number of carboxylic acids is 1. The molecular weight excluding hydrogens is 1400 g/mol. The van der Waals surface area contributed by atoms with E-state index in [1.54, 1.807) is 0 Å². The van der Waals surface area contributed by atoms with Gasteiger partial charge in [-0.05, 0) is 85.3 Å². The second-order valence-electron chi connectivity index (χ2n) is 17.6. The number of nitrogens with one attached hydrogen (secondary N) is 1. The Morgan fingerprint density at radius 2 is 1.17 bits per heavy atom. The number of H-pyrrole nitrogens is 1. The Bertz CT molecular complexity index is 5380. The third kappa shape index (κ3) is 15.0. The fourth-order valence-corrected chi connectivity index (χ4v) is 12.8. The number of halogens is 1. The fourth-order valence-electron chi connectivity index (χ4n) is 7.97. The minimum Gasteiger partial charge on any atom is -0.505 e. The van der Waals surface area contributed by atoms with Crippen molar-refractivity contribution in [2.45, 2.75) is 41.2 Å². The lowest BCUT2D eigenvalue weighted by molar-refractivity contribution is -0.432. The van der Waals surface area contributed by atoms with Gasteiger partial charge in [0.25, 0.3) is 72.0 Å². The number of nitrogens with two attached hydrogens (primary N) is 1. The number of anilines is 1. The average Bonchev–Trinajstić information content (AvgIpc) is 0.941. The second kappa shape index (κ2) is 26.1. The number of hydrogen-bond acceptors (Lipinski definition) is 31. The third-order valence-corrected chi connectivity index (χ3v) is 18.0. The Morgan fingerprint density at radius 1 is 0.620 bits per heavy atom. The quantitative estimate of drug-likeness (QED) is 0.00685. The van der Waals surface area contributed by atoms with E-state index in [4.69, 9.17) is 27.1 Å². The Morgan fingerprint density at radius 3 is 1.72 bits per heavy atom. The summed E-state index contributed by atoms with van der Waals surface area (Å²) in [6, 6.07) is 12.1. The first kappa shape index (κ1) is 70.2. The van der Waals surface area contributed by atoms with Crippen LogP contribution in [0.4, 0.5) is 51.2 Å². The van der Waals surface area contributed by atoms with Crippen molar-refractivity contribution in [3.8, 4) is 17.2 Å². The first-order valence-corrected chi connectivity index (χ1v) is 33.0. The lowest BCUT2D eigenvalue weighted by atomic mass is 10.0. The molecule has 1 heterocycles. The maximum Gasteiger partial charge on any atom is 0.356 e. The van der Waals surface area contributed by atoms with Crippen LogP contribution in [0.25, 0.3) is 27.2 Å². The van der Waals surface area contributed by atoms with Gasteiger partial charge in [0.05, 0.1) is 48.5 Å². The monoisotopic (exact) mass is 1440 g/mol. The van der Waals surface area contributed by atoms with Gasteiger partial charge in [0, 0.05) is 35.3 Å². The van der Waals surface area contributed by atoms with Crippen LogP contribution >= 0.6 is 23.6 Å². The minimum atomic E-state index is -5.47. The highest BCUT2D eigenvalue weighted by Crippen LogP contribution is 2.51. The van der Waals surface area contributed by atoms with Gasteiger partial charge in [-0.25, -0.2) is 14.7 Å². The number of rotatable bonds is 19. The van der Waals surface area contributed by atoms with Crippen molar-refractivity contribution in [2.75, 3.05) is 12.8 Å². The van der Waals surface area contributed by atoms with Gasteiger partial charge < -0.3 is 21.1 Å². The number of fused-ring (bicyclic) bond motifs is 2. The Kier molecular flexibility index (Phi) is 19.9. The molecule has 8 aromatic rings. The van der Waals surface area contributed by atoms with E-state index in [0.717, 1.165) is 67.7 Å². The van der Waals surface area contributed by atoms with Crippen LogP contribution in [0.5, 0.6) is 11.5 Å². The molecule has 0 aliphatic carbocycles. The van der Waals surface area contributed by atoms with Crippen molar-refractivity contribution in [1.29, 1.82) is 0 Å². The normalized spacial score (nSPS) is 12.8. The summed E-state index contributed by atoms with van der Waals surface area (Å²) in [6.07, 6.45) is 0. The Hall–Kier alpha value is -9.28. The molecule has 0 spiro atoms. The van der Waals surface area contributed by atoms with Gasteiger partial charge >= 0.3 is 5.97 Å². The highest BCUT2D eigenvalue weighted by molar-refractivity contribution is 7.94. The number of phenols is 2. The molecule has 0 aliphatic heterocycles. The van der Waals surface area contributed by atoms with Crippen LogP contribution in [0.3, 0.4) is 0 Å². The fraction of sp³-hybridized carbons (Fsp3) is 0.0455. The highest BCUT2D eigenvalue weighted by atomic mass is 35.5.